The lowest BCUT2D eigenvalue weighted by molar-refractivity contribution is -0.113. The maximum atomic E-state index is 12.0. The van der Waals surface area contributed by atoms with Crippen molar-refractivity contribution in [2.75, 3.05) is 18.2 Å². The Balaban J connectivity index is 1.64. The second kappa shape index (κ2) is 6.93. The van der Waals surface area contributed by atoms with Crippen LogP contribution in [0.3, 0.4) is 0 Å². The minimum absolute atomic E-state index is 0.138. The molecule has 0 atom stereocenters. The van der Waals surface area contributed by atoms with Crippen LogP contribution in [0.1, 0.15) is 0 Å². The van der Waals surface area contributed by atoms with Gasteiger partial charge in [-0.25, -0.2) is 4.98 Å². The van der Waals surface area contributed by atoms with Gasteiger partial charge in [0, 0.05) is 6.07 Å². The molecule has 23 heavy (non-hydrogen) atoms. The molecular weight excluding hydrogens is 334 g/mol. The van der Waals surface area contributed by atoms with Crippen molar-refractivity contribution in [2.24, 2.45) is 0 Å². The van der Waals surface area contributed by atoms with Crippen molar-refractivity contribution in [3.05, 3.63) is 47.5 Å². The second-order valence-electron chi connectivity index (χ2n) is 4.74. The van der Waals surface area contributed by atoms with Crippen LogP contribution in [0.25, 0.3) is 11.0 Å². The first-order chi connectivity index (χ1) is 11.2. The number of nitrogens with zero attached hydrogens (tertiary/aromatic N) is 1. The number of para-hydroxylation sites is 1. The van der Waals surface area contributed by atoms with Gasteiger partial charge in [-0.15, -0.1) is 0 Å². The van der Waals surface area contributed by atoms with Crippen molar-refractivity contribution in [3.8, 4) is 5.75 Å². The molecule has 0 aliphatic carbocycles. The zero-order valence-corrected chi connectivity index (χ0v) is 13.9. The third kappa shape index (κ3) is 3.78. The highest BCUT2D eigenvalue weighted by atomic mass is 35.5. The Morgan fingerprint density at radius 2 is 2.17 bits per heavy atom. The molecule has 3 rings (SSSR count). The molecule has 0 aliphatic heterocycles. The van der Waals surface area contributed by atoms with Gasteiger partial charge in [-0.3, -0.25) is 4.79 Å². The number of fused-ring (bicyclic) bond motifs is 1. The summed E-state index contributed by atoms with van der Waals surface area (Å²) in [6, 6.07) is 12.7. The fourth-order valence-electron chi connectivity index (χ4n) is 2.04. The molecule has 2 N–H and O–H groups in total. The molecule has 0 unspecified atom stereocenters. The minimum Gasteiger partial charge on any atom is -0.497 e. The van der Waals surface area contributed by atoms with E-state index in [0.29, 0.717) is 15.9 Å². The summed E-state index contributed by atoms with van der Waals surface area (Å²) in [4.78, 5) is 19.6. The monoisotopic (exact) mass is 347 g/mol. The number of thioether (sulfide) groups is 1. The summed E-state index contributed by atoms with van der Waals surface area (Å²) < 4.78 is 5.18. The smallest absolute Gasteiger partial charge is 0.234 e. The van der Waals surface area contributed by atoms with Crippen LogP contribution in [0, 0.1) is 0 Å². The summed E-state index contributed by atoms with van der Waals surface area (Å²) >= 11 is 7.35. The Labute approximate surface area is 142 Å². The predicted octanol–water partition coefficient (Wildman–Crippen LogP) is 3.96. The van der Waals surface area contributed by atoms with Crippen molar-refractivity contribution >= 4 is 46.0 Å². The Kier molecular flexibility index (Phi) is 4.73. The zero-order chi connectivity index (χ0) is 16.2. The number of amides is 1. The Morgan fingerprint density at radius 3 is 2.96 bits per heavy atom. The predicted molar refractivity (Wildman–Crippen MR) is 93.5 cm³/mol. The number of carbonyl (C=O) groups excluding carboxylic acids is 1. The fourth-order valence-corrected chi connectivity index (χ4v) is 2.91. The first kappa shape index (κ1) is 15.7. The van der Waals surface area contributed by atoms with E-state index < -0.39 is 0 Å². The van der Waals surface area contributed by atoms with Gasteiger partial charge in [0.05, 0.1) is 34.6 Å². The first-order valence-electron chi connectivity index (χ1n) is 6.86. The normalized spacial score (nSPS) is 10.7. The van der Waals surface area contributed by atoms with Crippen LogP contribution in [-0.2, 0) is 4.79 Å². The molecule has 118 valence electrons. The Hall–Kier alpha value is -2.18. The van der Waals surface area contributed by atoms with E-state index in [9.17, 15) is 4.79 Å². The van der Waals surface area contributed by atoms with Crippen LogP contribution in [0.2, 0.25) is 5.02 Å². The van der Waals surface area contributed by atoms with E-state index >= 15 is 0 Å². The van der Waals surface area contributed by atoms with Crippen molar-refractivity contribution in [1.82, 2.24) is 9.97 Å². The number of carbonyl (C=O) groups is 1. The molecule has 1 heterocycles. The lowest BCUT2D eigenvalue weighted by atomic mass is 10.3. The summed E-state index contributed by atoms with van der Waals surface area (Å²) in [5, 5.41) is 3.98. The average molecular weight is 348 g/mol. The lowest BCUT2D eigenvalue weighted by Gasteiger charge is -2.05. The number of H-pyrrole nitrogens is 1. The first-order valence-corrected chi connectivity index (χ1v) is 8.23. The van der Waals surface area contributed by atoms with E-state index in [1.165, 1.54) is 11.8 Å². The van der Waals surface area contributed by atoms with Crippen molar-refractivity contribution in [3.63, 3.8) is 0 Å². The molecule has 3 aromatic rings. The number of nitrogens with one attached hydrogen (secondary N) is 2. The molecule has 0 bridgehead atoms. The number of halogens is 1. The van der Waals surface area contributed by atoms with Gasteiger partial charge < -0.3 is 15.0 Å². The SMILES string of the molecule is COc1ccc2nc(SCC(=O)Nc3ccccc3Cl)[nH]c2c1. The number of rotatable bonds is 5. The van der Waals surface area contributed by atoms with Crippen molar-refractivity contribution in [2.45, 2.75) is 5.16 Å². The number of imidazole rings is 1. The van der Waals surface area contributed by atoms with Gasteiger partial charge in [0.2, 0.25) is 5.91 Å². The number of benzene rings is 2. The largest absolute Gasteiger partial charge is 0.497 e. The maximum absolute atomic E-state index is 12.0. The van der Waals surface area contributed by atoms with Crippen LogP contribution in [0.5, 0.6) is 5.75 Å². The zero-order valence-electron chi connectivity index (χ0n) is 12.3. The van der Waals surface area contributed by atoms with Gasteiger partial charge in [0.1, 0.15) is 5.75 Å². The molecule has 1 aromatic heterocycles. The lowest BCUT2D eigenvalue weighted by Crippen LogP contribution is -2.14. The Morgan fingerprint density at radius 1 is 1.35 bits per heavy atom. The highest BCUT2D eigenvalue weighted by molar-refractivity contribution is 7.99. The van der Waals surface area contributed by atoms with Gasteiger partial charge in [0.25, 0.3) is 0 Å². The molecule has 5 nitrogen and oxygen atoms in total. The standard InChI is InChI=1S/C16H14ClN3O2S/c1-22-10-6-7-13-14(8-10)20-16(19-13)23-9-15(21)18-12-5-3-2-4-11(12)17/h2-8H,9H2,1H3,(H,18,21)(H,19,20). The quantitative estimate of drug-likeness (QED) is 0.686. The van der Waals surface area contributed by atoms with Crippen molar-refractivity contribution < 1.29 is 9.53 Å². The molecular formula is C16H14ClN3O2S. The van der Waals surface area contributed by atoms with Crippen LogP contribution in [-0.4, -0.2) is 28.7 Å². The molecule has 0 saturated carbocycles. The molecule has 0 radical (unpaired) electrons. The van der Waals surface area contributed by atoms with Gasteiger partial charge in [-0.2, -0.15) is 0 Å². The Bertz CT molecular complexity index is 850. The van der Waals surface area contributed by atoms with Gasteiger partial charge in [-0.1, -0.05) is 35.5 Å². The second-order valence-corrected chi connectivity index (χ2v) is 6.11. The van der Waals surface area contributed by atoms with Gasteiger partial charge >= 0.3 is 0 Å². The summed E-state index contributed by atoms with van der Waals surface area (Å²) in [6.45, 7) is 0. The molecule has 0 saturated heterocycles. The van der Waals surface area contributed by atoms with Crippen LogP contribution in [0.15, 0.2) is 47.6 Å². The summed E-state index contributed by atoms with van der Waals surface area (Å²) in [6.07, 6.45) is 0. The third-order valence-corrected chi connectivity index (χ3v) is 4.36. The number of hydrogen-bond acceptors (Lipinski definition) is 4. The molecule has 0 fully saturated rings. The highest BCUT2D eigenvalue weighted by Crippen LogP contribution is 2.24. The number of hydrogen-bond donors (Lipinski definition) is 2. The van der Waals surface area contributed by atoms with Gasteiger partial charge in [-0.05, 0) is 24.3 Å². The molecule has 1 amide bonds. The number of aromatic amines is 1. The van der Waals surface area contributed by atoms with Crippen LogP contribution < -0.4 is 10.1 Å². The van der Waals surface area contributed by atoms with Crippen LogP contribution in [0.4, 0.5) is 5.69 Å². The number of anilines is 1. The number of methoxy groups -OCH3 is 1. The van der Waals surface area contributed by atoms with E-state index in [2.05, 4.69) is 15.3 Å². The van der Waals surface area contributed by atoms with E-state index in [4.69, 9.17) is 16.3 Å². The molecule has 0 spiro atoms. The number of aromatic nitrogens is 2. The fraction of sp³-hybridized carbons (Fsp3) is 0.125. The van der Waals surface area contributed by atoms with E-state index in [-0.39, 0.29) is 11.7 Å². The van der Waals surface area contributed by atoms with E-state index in [1.54, 1.807) is 19.2 Å². The highest BCUT2D eigenvalue weighted by Gasteiger charge is 2.09. The minimum atomic E-state index is -0.138. The average Bonchev–Trinajstić information content (AvgIpc) is 2.97. The summed E-state index contributed by atoms with van der Waals surface area (Å²) in [5.41, 5.74) is 2.31. The van der Waals surface area contributed by atoms with Gasteiger partial charge in [0.15, 0.2) is 5.16 Å². The van der Waals surface area contributed by atoms with E-state index in [0.717, 1.165) is 16.8 Å². The van der Waals surface area contributed by atoms with Crippen molar-refractivity contribution in [1.29, 1.82) is 0 Å². The number of ether oxygens (including phenoxy) is 1. The maximum Gasteiger partial charge on any atom is 0.234 e. The van der Waals surface area contributed by atoms with E-state index in [1.807, 2.05) is 30.3 Å². The summed E-state index contributed by atoms with van der Waals surface area (Å²) in [7, 11) is 1.62. The molecule has 0 aliphatic rings. The topological polar surface area (TPSA) is 67.0 Å². The van der Waals surface area contributed by atoms with Crippen LogP contribution >= 0.6 is 23.4 Å². The summed E-state index contributed by atoms with van der Waals surface area (Å²) in [5.74, 6) is 0.859. The molecule has 7 heteroatoms. The molecule has 2 aromatic carbocycles. The third-order valence-electron chi connectivity index (χ3n) is 3.16.